The largest absolute Gasteiger partial charge is 0.492 e. The Bertz CT molecular complexity index is 1780. The first kappa shape index (κ1) is 22.8. The number of nitrogens with zero attached hydrogens (tertiary/aromatic N) is 6. The molecule has 2 aromatic heterocycles. The Kier molecular flexibility index (Phi) is 5.13. The normalized spacial score (nSPS) is 16.5. The molecule has 5 heterocycles. The number of hydrogen-bond donors (Lipinski definition) is 2. The zero-order chi connectivity index (χ0) is 26.0. The number of benzene rings is 2. The Morgan fingerprint density at radius 3 is 1.45 bits per heavy atom. The molecule has 10 nitrogen and oxygen atoms in total. The number of aromatic hydroxyl groups is 2. The van der Waals surface area contributed by atoms with Gasteiger partial charge in [0.2, 0.25) is 11.8 Å². The lowest BCUT2D eigenvalue weighted by atomic mass is 10.1. The van der Waals surface area contributed by atoms with Crippen molar-refractivity contribution in [2.75, 3.05) is 36.0 Å². The van der Waals surface area contributed by atoms with Crippen LogP contribution in [0.2, 0.25) is 0 Å². The van der Waals surface area contributed by atoms with E-state index in [9.17, 15) is 19.8 Å². The van der Waals surface area contributed by atoms with Crippen LogP contribution in [0.1, 0.15) is 9.75 Å². The third-order valence-electron chi connectivity index (χ3n) is 6.69. The molecule has 7 rings (SSSR count). The number of anilines is 2. The van der Waals surface area contributed by atoms with Gasteiger partial charge in [-0.1, -0.05) is 59.1 Å². The molecule has 12 heteroatoms. The Hall–Kier alpha value is -4.42. The molecule has 0 spiro atoms. The molecule has 2 N–H and O–H groups in total. The number of piperazine rings is 1. The summed E-state index contributed by atoms with van der Waals surface area (Å²) in [6.07, 6.45) is 0. The molecule has 0 aliphatic carbocycles. The van der Waals surface area contributed by atoms with E-state index in [1.165, 1.54) is 22.7 Å². The maximum absolute atomic E-state index is 12.6. The third-order valence-corrected chi connectivity index (χ3v) is 8.94. The van der Waals surface area contributed by atoms with Gasteiger partial charge >= 0.3 is 0 Å². The fourth-order valence-electron chi connectivity index (χ4n) is 4.85. The van der Waals surface area contributed by atoms with Crippen LogP contribution in [0.3, 0.4) is 0 Å². The van der Waals surface area contributed by atoms with E-state index in [0.29, 0.717) is 78.5 Å². The van der Waals surface area contributed by atoms with Crippen LogP contribution in [0.4, 0.5) is 10.3 Å². The quantitative estimate of drug-likeness (QED) is 0.370. The molecule has 188 valence electrons. The number of thiazole rings is 2. The SMILES string of the molecule is O=C1N=c2ccccc2=C1c1sc(N2CCN(c3nc(O)c(C4=c5ccccc5=NC4=O)s3)CC2)nc1O. The number of hydrogen-bond acceptors (Lipinski definition) is 10. The van der Waals surface area contributed by atoms with Crippen molar-refractivity contribution in [1.29, 1.82) is 0 Å². The van der Waals surface area contributed by atoms with Crippen molar-refractivity contribution < 1.29 is 19.8 Å². The summed E-state index contributed by atoms with van der Waals surface area (Å²) in [7, 11) is 0. The van der Waals surface area contributed by atoms with Crippen LogP contribution in [0.25, 0.3) is 11.1 Å². The summed E-state index contributed by atoms with van der Waals surface area (Å²) in [4.78, 5) is 46.9. The molecule has 2 amide bonds. The number of para-hydroxylation sites is 2. The first-order chi connectivity index (χ1) is 18.5. The van der Waals surface area contributed by atoms with Crippen molar-refractivity contribution in [1.82, 2.24) is 9.97 Å². The molecule has 0 bridgehead atoms. The predicted molar refractivity (Wildman–Crippen MR) is 141 cm³/mol. The molecule has 4 aromatic rings. The fourth-order valence-corrected chi connectivity index (χ4v) is 6.98. The van der Waals surface area contributed by atoms with E-state index in [-0.39, 0.29) is 23.6 Å². The van der Waals surface area contributed by atoms with Gasteiger partial charge in [-0.05, 0) is 12.1 Å². The van der Waals surface area contributed by atoms with E-state index in [1.54, 1.807) is 12.1 Å². The molecule has 0 radical (unpaired) electrons. The Balaban J connectivity index is 1.13. The molecular weight excluding hydrogens is 524 g/mol. The van der Waals surface area contributed by atoms with Crippen LogP contribution >= 0.6 is 22.7 Å². The van der Waals surface area contributed by atoms with Gasteiger partial charge in [0, 0.05) is 36.6 Å². The summed E-state index contributed by atoms with van der Waals surface area (Å²) < 4.78 is 0. The number of aromatic nitrogens is 2. The van der Waals surface area contributed by atoms with Crippen molar-refractivity contribution in [2.24, 2.45) is 9.98 Å². The van der Waals surface area contributed by atoms with Crippen LogP contribution in [0.5, 0.6) is 11.8 Å². The lowest BCUT2D eigenvalue weighted by Gasteiger charge is -2.34. The third kappa shape index (κ3) is 3.52. The standard InChI is InChI=1S/C26H18N6O4S2/c33-21-17(13-5-1-3-7-15(13)27-21)19-23(35)29-25(37-19)31-9-11-32(12-10-31)26-30-24(36)20(38-26)18-14-6-2-4-8-16(14)28-22(18)34/h1-8,35-36H,9-12H2. The summed E-state index contributed by atoms with van der Waals surface area (Å²) in [6.45, 7) is 2.39. The van der Waals surface area contributed by atoms with Gasteiger partial charge in [0.15, 0.2) is 10.3 Å². The van der Waals surface area contributed by atoms with Gasteiger partial charge in [-0.2, -0.15) is 9.97 Å². The lowest BCUT2D eigenvalue weighted by Crippen LogP contribution is -2.46. The Morgan fingerprint density at radius 2 is 1.03 bits per heavy atom. The summed E-state index contributed by atoms with van der Waals surface area (Å²) in [6, 6.07) is 14.5. The summed E-state index contributed by atoms with van der Waals surface area (Å²) in [5, 5.41) is 25.0. The van der Waals surface area contributed by atoms with Crippen LogP contribution in [-0.2, 0) is 9.59 Å². The average Bonchev–Trinajstić information content (AvgIpc) is 3.66. The second kappa shape index (κ2) is 8.57. The van der Waals surface area contributed by atoms with Crippen molar-refractivity contribution in [2.45, 2.75) is 0 Å². The molecular formula is C26H18N6O4S2. The number of carbonyl (C=O) groups is 2. The second-order valence-electron chi connectivity index (χ2n) is 8.89. The van der Waals surface area contributed by atoms with Gasteiger partial charge in [-0.3, -0.25) is 9.59 Å². The molecule has 0 unspecified atom stereocenters. The Morgan fingerprint density at radius 1 is 0.632 bits per heavy atom. The van der Waals surface area contributed by atoms with Crippen LogP contribution < -0.4 is 31.0 Å². The smallest absolute Gasteiger partial charge is 0.279 e. The van der Waals surface area contributed by atoms with Gasteiger partial charge in [0.25, 0.3) is 11.8 Å². The minimum atomic E-state index is -0.380. The lowest BCUT2D eigenvalue weighted by molar-refractivity contribution is -0.113. The van der Waals surface area contributed by atoms with Crippen molar-refractivity contribution in [3.63, 3.8) is 0 Å². The van der Waals surface area contributed by atoms with Crippen molar-refractivity contribution in [3.8, 4) is 11.8 Å². The minimum absolute atomic E-state index is 0.180. The highest BCUT2D eigenvalue weighted by Gasteiger charge is 2.30. The highest BCUT2D eigenvalue weighted by Crippen LogP contribution is 2.38. The maximum atomic E-state index is 12.6. The van der Waals surface area contributed by atoms with Crippen LogP contribution in [0.15, 0.2) is 58.5 Å². The van der Waals surface area contributed by atoms with E-state index < -0.39 is 0 Å². The molecule has 3 aliphatic heterocycles. The first-order valence-electron chi connectivity index (χ1n) is 11.8. The van der Waals surface area contributed by atoms with E-state index in [4.69, 9.17) is 0 Å². The van der Waals surface area contributed by atoms with E-state index in [2.05, 4.69) is 20.0 Å². The Labute approximate surface area is 222 Å². The van der Waals surface area contributed by atoms with Crippen molar-refractivity contribution in [3.05, 3.63) is 79.4 Å². The van der Waals surface area contributed by atoms with Gasteiger partial charge in [0.1, 0.15) is 9.75 Å². The van der Waals surface area contributed by atoms with Gasteiger partial charge in [-0.15, -0.1) is 0 Å². The van der Waals surface area contributed by atoms with Crippen LogP contribution in [-0.4, -0.2) is 58.2 Å². The summed E-state index contributed by atoms with van der Waals surface area (Å²) in [5.74, 6) is -1.12. The number of rotatable bonds is 4. The molecule has 1 saturated heterocycles. The molecule has 2 aromatic carbocycles. The predicted octanol–water partition coefficient (Wildman–Crippen LogP) is 0.0550. The summed E-state index contributed by atoms with van der Waals surface area (Å²) in [5.41, 5.74) is 0.747. The zero-order valence-corrected chi connectivity index (χ0v) is 21.3. The highest BCUT2D eigenvalue weighted by molar-refractivity contribution is 7.17. The topological polar surface area (TPSA) is 132 Å². The maximum Gasteiger partial charge on any atom is 0.279 e. The molecule has 0 atom stereocenters. The van der Waals surface area contributed by atoms with Gasteiger partial charge < -0.3 is 20.0 Å². The minimum Gasteiger partial charge on any atom is -0.492 e. The number of amides is 2. The monoisotopic (exact) mass is 542 g/mol. The van der Waals surface area contributed by atoms with Crippen LogP contribution in [0, 0.1) is 0 Å². The molecule has 1 fully saturated rings. The van der Waals surface area contributed by atoms with Gasteiger partial charge in [-0.25, -0.2) is 9.98 Å². The first-order valence-corrected chi connectivity index (χ1v) is 13.5. The zero-order valence-electron chi connectivity index (χ0n) is 19.7. The number of carbonyl (C=O) groups excluding carboxylic acids is 2. The van der Waals surface area contributed by atoms with E-state index in [1.807, 2.05) is 46.2 Å². The summed E-state index contributed by atoms with van der Waals surface area (Å²) >= 11 is 2.54. The molecule has 38 heavy (non-hydrogen) atoms. The van der Waals surface area contributed by atoms with Crippen molar-refractivity contribution >= 4 is 55.9 Å². The fraction of sp³-hybridized carbons (Fsp3) is 0.154. The van der Waals surface area contributed by atoms with E-state index in [0.717, 1.165) is 0 Å². The molecule has 0 saturated carbocycles. The number of fused-ring (bicyclic) bond motifs is 2. The highest BCUT2D eigenvalue weighted by atomic mass is 32.1. The molecule has 3 aliphatic rings. The van der Waals surface area contributed by atoms with Gasteiger partial charge in [0.05, 0.1) is 21.9 Å². The average molecular weight is 543 g/mol. The second-order valence-corrected chi connectivity index (χ2v) is 10.8. The van der Waals surface area contributed by atoms with E-state index >= 15 is 0 Å².